The summed E-state index contributed by atoms with van der Waals surface area (Å²) in [5, 5.41) is 3.04. The van der Waals surface area contributed by atoms with Gasteiger partial charge in [0.25, 0.3) is 0 Å². The van der Waals surface area contributed by atoms with Crippen molar-refractivity contribution < 1.29 is 4.79 Å². The second-order valence-electron chi connectivity index (χ2n) is 4.66. The standard InChI is InChI=1S/C12H19N5O/c1-8-15-10(5-12(14-2)16-8)9-3-4-17(6-9)7-11(13)18/h5,9H,3-4,6-7H2,1-2H3,(H2,13,18)(H,14,15,16)/t9-/m1/s1. The minimum Gasteiger partial charge on any atom is -0.373 e. The zero-order chi connectivity index (χ0) is 13.1. The molecule has 1 aromatic rings. The molecule has 0 aromatic carbocycles. The molecule has 0 bridgehead atoms. The Balaban J connectivity index is 2.09. The van der Waals surface area contributed by atoms with Gasteiger partial charge >= 0.3 is 0 Å². The first-order valence-electron chi connectivity index (χ1n) is 6.12. The third-order valence-electron chi connectivity index (χ3n) is 3.18. The normalized spacial score (nSPS) is 20.0. The average molecular weight is 249 g/mol. The number of nitrogens with two attached hydrogens (primary N) is 1. The topological polar surface area (TPSA) is 84.1 Å². The number of aryl methyl sites for hydroxylation is 1. The molecule has 1 amide bonds. The van der Waals surface area contributed by atoms with Crippen molar-refractivity contribution in [2.75, 3.05) is 32.0 Å². The number of nitrogens with one attached hydrogen (secondary N) is 1. The summed E-state index contributed by atoms with van der Waals surface area (Å²) < 4.78 is 0. The van der Waals surface area contributed by atoms with Crippen molar-refractivity contribution in [3.05, 3.63) is 17.6 Å². The summed E-state index contributed by atoms with van der Waals surface area (Å²) in [5.41, 5.74) is 6.25. The van der Waals surface area contributed by atoms with E-state index in [2.05, 4.69) is 20.2 Å². The minimum atomic E-state index is -0.273. The van der Waals surface area contributed by atoms with E-state index in [4.69, 9.17) is 5.73 Å². The number of rotatable bonds is 4. The Labute approximate surface area is 107 Å². The molecule has 1 fully saturated rings. The van der Waals surface area contributed by atoms with Gasteiger partial charge in [-0.25, -0.2) is 9.97 Å². The maximum absolute atomic E-state index is 10.9. The molecule has 6 heteroatoms. The fourth-order valence-electron chi connectivity index (χ4n) is 2.37. The molecule has 18 heavy (non-hydrogen) atoms. The van der Waals surface area contributed by atoms with Crippen LogP contribution in [0.5, 0.6) is 0 Å². The number of primary amides is 1. The zero-order valence-corrected chi connectivity index (χ0v) is 10.8. The largest absolute Gasteiger partial charge is 0.373 e. The van der Waals surface area contributed by atoms with Gasteiger partial charge in [0, 0.05) is 25.6 Å². The maximum atomic E-state index is 10.9. The molecule has 1 aromatic heterocycles. The highest BCUT2D eigenvalue weighted by Crippen LogP contribution is 2.26. The lowest BCUT2D eigenvalue weighted by Crippen LogP contribution is -2.31. The highest BCUT2D eigenvalue weighted by Gasteiger charge is 2.26. The Kier molecular flexibility index (Phi) is 3.76. The molecule has 1 atom stereocenters. The Hall–Kier alpha value is -1.69. The predicted octanol–water partition coefficient (Wildman–Crippen LogP) is 0.101. The summed E-state index contributed by atoms with van der Waals surface area (Å²) in [5.74, 6) is 1.69. The Morgan fingerprint density at radius 1 is 1.61 bits per heavy atom. The van der Waals surface area contributed by atoms with E-state index in [9.17, 15) is 4.79 Å². The molecule has 1 saturated heterocycles. The average Bonchev–Trinajstić information content (AvgIpc) is 2.75. The first kappa shape index (κ1) is 12.8. The highest BCUT2D eigenvalue weighted by molar-refractivity contribution is 5.75. The first-order valence-corrected chi connectivity index (χ1v) is 6.12. The summed E-state index contributed by atoms with van der Waals surface area (Å²) in [6.07, 6.45) is 1.01. The monoisotopic (exact) mass is 249 g/mol. The first-order chi connectivity index (χ1) is 8.58. The van der Waals surface area contributed by atoms with Gasteiger partial charge in [0.2, 0.25) is 5.91 Å². The number of anilines is 1. The van der Waals surface area contributed by atoms with E-state index in [1.807, 2.05) is 20.0 Å². The van der Waals surface area contributed by atoms with Crippen molar-refractivity contribution in [3.8, 4) is 0 Å². The van der Waals surface area contributed by atoms with Gasteiger partial charge in [-0.15, -0.1) is 0 Å². The van der Waals surface area contributed by atoms with Crippen LogP contribution in [0.15, 0.2) is 6.07 Å². The van der Waals surface area contributed by atoms with Crippen LogP contribution in [0.3, 0.4) is 0 Å². The number of likely N-dealkylation sites (tertiary alicyclic amines) is 1. The molecule has 0 spiro atoms. The number of carbonyl (C=O) groups is 1. The van der Waals surface area contributed by atoms with E-state index in [0.29, 0.717) is 12.5 Å². The lowest BCUT2D eigenvalue weighted by atomic mass is 10.0. The Bertz CT molecular complexity index is 448. The summed E-state index contributed by atoms with van der Waals surface area (Å²) in [4.78, 5) is 21.7. The second-order valence-corrected chi connectivity index (χ2v) is 4.66. The molecule has 0 saturated carbocycles. The van der Waals surface area contributed by atoms with Crippen molar-refractivity contribution in [3.63, 3.8) is 0 Å². The lowest BCUT2D eigenvalue weighted by molar-refractivity contribution is -0.118. The number of hydrogen-bond acceptors (Lipinski definition) is 5. The molecule has 0 aliphatic carbocycles. The van der Waals surface area contributed by atoms with Gasteiger partial charge < -0.3 is 11.1 Å². The maximum Gasteiger partial charge on any atom is 0.231 e. The molecule has 1 aliphatic rings. The lowest BCUT2D eigenvalue weighted by Gasteiger charge is -2.14. The molecule has 6 nitrogen and oxygen atoms in total. The van der Waals surface area contributed by atoms with Gasteiger partial charge in [-0.3, -0.25) is 9.69 Å². The van der Waals surface area contributed by atoms with Gasteiger partial charge in [0.05, 0.1) is 12.2 Å². The number of carbonyl (C=O) groups excluding carboxylic acids is 1. The summed E-state index contributed by atoms with van der Waals surface area (Å²) in [6, 6.07) is 1.98. The molecule has 1 aliphatic heterocycles. The van der Waals surface area contributed by atoms with E-state index >= 15 is 0 Å². The van der Waals surface area contributed by atoms with E-state index in [1.54, 1.807) is 0 Å². The fourth-order valence-corrected chi connectivity index (χ4v) is 2.37. The third kappa shape index (κ3) is 2.95. The summed E-state index contributed by atoms with van der Waals surface area (Å²) in [6.45, 7) is 3.95. The van der Waals surface area contributed by atoms with Crippen LogP contribution in [0.1, 0.15) is 23.9 Å². The quantitative estimate of drug-likeness (QED) is 0.790. The van der Waals surface area contributed by atoms with Gasteiger partial charge in [-0.1, -0.05) is 0 Å². The number of nitrogens with zero attached hydrogens (tertiary/aromatic N) is 3. The van der Waals surface area contributed by atoms with E-state index in [0.717, 1.165) is 36.8 Å². The number of amides is 1. The molecule has 98 valence electrons. The molecule has 3 N–H and O–H groups in total. The smallest absolute Gasteiger partial charge is 0.231 e. The number of aromatic nitrogens is 2. The van der Waals surface area contributed by atoms with Crippen LogP contribution >= 0.6 is 0 Å². The van der Waals surface area contributed by atoms with Crippen molar-refractivity contribution in [1.82, 2.24) is 14.9 Å². The SMILES string of the molecule is CNc1cc([C@@H]2CCN(CC(N)=O)C2)nc(C)n1. The predicted molar refractivity (Wildman–Crippen MR) is 69.3 cm³/mol. The molecule has 0 radical (unpaired) electrons. The molecule has 2 rings (SSSR count). The molecular formula is C12H19N5O. The van der Waals surface area contributed by atoms with Crippen LogP contribution in [0.25, 0.3) is 0 Å². The second kappa shape index (κ2) is 5.30. The Morgan fingerprint density at radius 3 is 3.06 bits per heavy atom. The van der Waals surface area contributed by atoms with Gasteiger partial charge in [0.1, 0.15) is 11.6 Å². The van der Waals surface area contributed by atoms with Gasteiger partial charge in [-0.05, 0) is 19.9 Å². The third-order valence-corrected chi connectivity index (χ3v) is 3.18. The minimum absolute atomic E-state index is 0.273. The van der Waals surface area contributed by atoms with Crippen molar-refractivity contribution in [2.24, 2.45) is 5.73 Å². The zero-order valence-electron chi connectivity index (χ0n) is 10.8. The summed E-state index contributed by atoms with van der Waals surface area (Å²) in [7, 11) is 1.85. The van der Waals surface area contributed by atoms with E-state index < -0.39 is 0 Å². The van der Waals surface area contributed by atoms with Crippen LogP contribution in [0.4, 0.5) is 5.82 Å². The van der Waals surface area contributed by atoms with Crippen molar-refractivity contribution >= 4 is 11.7 Å². The molecular weight excluding hydrogens is 230 g/mol. The van der Waals surface area contributed by atoms with Gasteiger partial charge in [-0.2, -0.15) is 0 Å². The molecule has 0 unspecified atom stereocenters. The van der Waals surface area contributed by atoms with Crippen LogP contribution < -0.4 is 11.1 Å². The van der Waals surface area contributed by atoms with Crippen LogP contribution in [0.2, 0.25) is 0 Å². The molecule has 2 heterocycles. The summed E-state index contributed by atoms with van der Waals surface area (Å²) >= 11 is 0. The van der Waals surface area contributed by atoms with Crippen molar-refractivity contribution in [1.29, 1.82) is 0 Å². The van der Waals surface area contributed by atoms with Crippen molar-refractivity contribution in [2.45, 2.75) is 19.3 Å². The Morgan fingerprint density at radius 2 is 2.39 bits per heavy atom. The number of hydrogen-bond donors (Lipinski definition) is 2. The van der Waals surface area contributed by atoms with E-state index in [-0.39, 0.29) is 5.91 Å². The van der Waals surface area contributed by atoms with Crippen LogP contribution in [0, 0.1) is 6.92 Å². The fraction of sp³-hybridized carbons (Fsp3) is 0.583. The van der Waals surface area contributed by atoms with Crippen LogP contribution in [-0.2, 0) is 4.79 Å². The highest BCUT2D eigenvalue weighted by atomic mass is 16.1. The van der Waals surface area contributed by atoms with Gasteiger partial charge in [0.15, 0.2) is 0 Å². The van der Waals surface area contributed by atoms with Crippen LogP contribution in [-0.4, -0.2) is 47.5 Å². The van der Waals surface area contributed by atoms with E-state index in [1.165, 1.54) is 0 Å².